The molecule has 0 aliphatic heterocycles. The van der Waals surface area contributed by atoms with Crippen molar-refractivity contribution in [2.24, 2.45) is 0 Å². The van der Waals surface area contributed by atoms with Crippen LogP contribution in [0.1, 0.15) is 15.8 Å². The predicted octanol–water partition coefficient (Wildman–Crippen LogP) is 4.87. The van der Waals surface area contributed by atoms with Gasteiger partial charge in [-0.05, 0) is 29.1 Å². The van der Waals surface area contributed by atoms with Gasteiger partial charge in [-0.1, -0.05) is 18.2 Å². The Morgan fingerprint density at radius 2 is 2.06 bits per heavy atom. The molecular formula is C13H11ClF2OS. The molecule has 0 bridgehead atoms. The summed E-state index contributed by atoms with van der Waals surface area (Å²) in [6.07, 6.45) is 0.678. The molecule has 0 saturated carbocycles. The molecule has 0 aliphatic carbocycles. The number of alkyl halides is 3. The van der Waals surface area contributed by atoms with Gasteiger partial charge in [-0.25, -0.2) is 0 Å². The third kappa shape index (κ3) is 3.68. The Morgan fingerprint density at radius 3 is 2.72 bits per heavy atom. The van der Waals surface area contributed by atoms with Crippen LogP contribution in [0.25, 0.3) is 0 Å². The molecule has 2 aromatic rings. The van der Waals surface area contributed by atoms with E-state index in [4.69, 9.17) is 11.6 Å². The lowest BCUT2D eigenvalue weighted by atomic mass is 10.1. The summed E-state index contributed by atoms with van der Waals surface area (Å²) in [5, 5.41) is 1.74. The molecular weight excluding hydrogens is 278 g/mol. The topological polar surface area (TPSA) is 9.23 Å². The molecule has 2 rings (SSSR count). The largest absolute Gasteiger partial charge is 0.435 e. The molecule has 0 amide bonds. The summed E-state index contributed by atoms with van der Waals surface area (Å²) in [6, 6.07) is 10.5. The second-order valence-corrected chi connectivity index (χ2v) is 5.26. The smallest absolute Gasteiger partial charge is 0.387 e. The first-order valence-electron chi connectivity index (χ1n) is 5.36. The molecule has 96 valence electrons. The van der Waals surface area contributed by atoms with Gasteiger partial charge < -0.3 is 4.74 Å². The minimum Gasteiger partial charge on any atom is -0.435 e. The third-order valence-corrected chi connectivity index (χ3v) is 3.71. The van der Waals surface area contributed by atoms with Crippen molar-refractivity contribution in [2.45, 2.75) is 18.4 Å². The van der Waals surface area contributed by atoms with Crippen molar-refractivity contribution in [3.63, 3.8) is 0 Å². The Morgan fingerprint density at radius 1 is 1.22 bits per heavy atom. The highest BCUT2D eigenvalue weighted by Gasteiger charge is 2.12. The second kappa shape index (κ2) is 6.16. The fourth-order valence-corrected chi connectivity index (χ4v) is 2.75. The fraction of sp³-hybridized carbons (Fsp3) is 0.231. The van der Waals surface area contributed by atoms with Crippen molar-refractivity contribution in [1.82, 2.24) is 0 Å². The first-order chi connectivity index (χ1) is 8.65. The van der Waals surface area contributed by atoms with Gasteiger partial charge in [0.2, 0.25) is 0 Å². The van der Waals surface area contributed by atoms with Crippen LogP contribution in [0, 0.1) is 0 Å². The van der Waals surface area contributed by atoms with Gasteiger partial charge in [0.25, 0.3) is 0 Å². The Bertz CT molecular complexity index is 487. The number of rotatable bonds is 5. The first kappa shape index (κ1) is 13.3. The average Bonchev–Trinajstić information content (AvgIpc) is 2.81. The van der Waals surface area contributed by atoms with E-state index in [9.17, 15) is 8.78 Å². The van der Waals surface area contributed by atoms with Gasteiger partial charge in [0.15, 0.2) is 0 Å². The van der Waals surface area contributed by atoms with E-state index >= 15 is 0 Å². The Balaban J connectivity index is 2.07. The minimum absolute atomic E-state index is 0.138. The molecule has 0 radical (unpaired) electrons. The summed E-state index contributed by atoms with van der Waals surface area (Å²) < 4.78 is 28.6. The van der Waals surface area contributed by atoms with Crippen LogP contribution in [-0.2, 0) is 6.42 Å². The van der Waals surface area contributed by atoms with Gasteiger partial charge in [0.1, 0.15) is 5.75 Å². The highest BCUT2D eigenvalue weighted by atomic mass is 35.5. The molecule has 0 fully saturated rings. The van der Waals surface area contributed by atoms with Crippen LogP contribution in [0.5, 0.6) is 5.75 Å². The Hall–Kier alpha value is -1.13. The SMILES string of the molecule is FC(F)Oc1cccc(C(Cl)Cc2cccs2)c1. The molecule has 0 spiro atoms. The molecule has 1 heterocycles. The van der Waals surface area contributed by atoms with Crippen molar-refractivity contribution in [2.75, 3.05) is 0 Å². The lowest BCUT2D eigenvalue weighted by Gasteiger charge is -2.11. The predicted molar refractivity (Wildman–Crippen MR) is 69.7 cm³/mol. The summed E-state index contributed by atoms with van der Waals surface area (Å²) >= 11 is 7.89. The number of benzene rings is 1. The van der Waals surface area contributed by atoms with Gasteiger partial charge >= 0.3 is 6.61 Å². The molecule has 0 N–H and O–H groups in total. The number of halogens is 3. The maximum absolute atomic E-state index is 12.1. The lowest BCUT2D eigenvalue weighted by molar-refractivity contribution is -0.0498. The van der Waals surface area contributed by atoms with Crippen molar-refractivity contribution in [3.8, 4) is 5.75 Å². The molecule has 5 heteroatoms. The van der Waals surface area contributed by atoms with Crippen LogP contribution in [0.3, 0.4) is 0 Å². The van der Waals surface area contributed by atoms with Gasteiger partial charge in [-0.15, -0.1) is 22.9 Å². The molecule has 1 aromatic heterocycles. The molecule has 1 nitrogen and oxygen atoms in total. The van der Waals surface area contributed by atoms with E-state index in [2.05, 4.69) is 4.74 Å². The van der Waals surface area contributed by atoms with Crippen LogP contribution in [0.4, 0.5) is 8.78 Å². The van der Waals surface area contributed by atoms with Crippen molar-refractivity contribution in [1.29, 1.82) is 0 Å². The van der Waals surface area contributed by atoms with E-state index in [0.717, 1.165) is 10.4 Å². The fourth-order valence-electron chi connectivity index (χ4n) is 1.61. The summed E-state index contributed by atoms with van der Waals surface area (Å²) in [6.45, 7) is -2.81. The van der Waals surface area contributed by atoms with Gasteiger partial charge in [-0.3, -0.25) is 0 Å². The van der Waals surface area contributed by atoms with Crippen molar-refractivity contribution < 1.29 is 13.5 Å². The van der Waals surface area contributed by atoms with E-state index in [1.165, 1.54) is 6.07 Å². The van der Waals surface area contributed by atoms with Gasteiger partial charge in [0.05, 0.1) is 5.38 Å². The van der Waals surface area contributed by atoms with Gasteiger partial charge in [-0.2, -0.15) is 8.78 Å². The summed E-state index contributed by atoms with van der Waals surface area (Å²) in [4.78, 5) is 1.16. The normalized spacial score (nSPS) is 12.7. The van der Waals surface area contributed by atoms with Crippen LogP contribution in [0.2, 0.25) is 0 Å². The standard InChI is InChI=1S/C13H11ClF2OS/c14-12(8-11-5-2-6-18-11)9-3-1-4-10(7-9)17-13(15)16/h1-7,12-13H,8H2. The maximum Gasteiger partial charge on any atom is 0.387 e. The Kier molecular flexibility index (Phi) is 4.55. The monoisotopic (exact) mass is 288 g/mol. The molecule has 1 atom stereocenters. The minimum atomic E-state index is -2.81. The highest BCUT2D eigenvalue weighted by Crippen LogP contribution is 2.29. The Labute approximate surface area is 113 Å². The molecule has 0 aliphatic rings. The molecule has 18 heavy (non-hydrogen) atoms. The average molecular weight is 289 g/mol. The molecule has 1 unspecified atom stereocenters. The summed E-state index contributed by atoms with van der Waals surface area (Å²) in [7, 11) is 0. The molecule has 1 aromatic carbocycles. The zero-order valence-corrected chi connectivity index (χ0v) is 10.9. The van der Waals surface area contributed by atoms with Crippen LogP contribution in [0.15, 0.2) is 41.8 Å². The van der Waals surface area contributed by atoms with E-state index in [1.54, 1.807) is 23.5 Å². The second-order valence-electron chi connectivity index (χ2n) is 3.70. The van der Waals surface area contributed by atoms with E-state index in [0.29, 0.717) is 6.42 Å². The number of ether oxygens (including phenoxy) is 1. The van der Waals surface area contributed by atoms with Crippen LogP contribution in [-0.4, -0.2) is 6.61 Å². The van der Waals surface area contributed by atoms with Crippen molar-refractivity contribution in [3.05, 3.63) is 52.2 Å². The zero-order chi connectivity index (χ0) is 13.0. The number of hydrogen-bond donors (Lipinski definition) is 0. The quantitative estimate of drug-likeness (QED) is 0.713. The van der Waals surface area contributed by atoms with Crippen LogP contribution < -0.4 is 4.74 Å². The molecule has 0 saturated heterocycles. The van der Waals surface area contributed by atoms with Crippen LogP contribution >= 0.6 is 22.9 Å². The van der Waals surface area contributed by atoms with Gasteiger partial charge in [0, 0.05) is 11.3 Å². The first-order valence-corrected chi connectivity index (χ1v) is 6.68. The lowest BCUT2D eigenvalue weighted by Crippen LogP contribution is -2.02. The highest BCUT2D eigenvalue weighted by molar-refractivity contribution is 7.09. The van der Waals surface area contributed by atoms with E-state index in [-0.39, 0.29) is 11.1 Å². The summed E-state index contributed by atoms with van der Waals surface area (Å²) in [5.41, 5.74) is 0.781. The summed E-state index contributed by atoms with van der Waals surface area (Å²) in [5.74, 6) is 0.138. The third-order valence-electron chi connectivity index (χ3n) is 2.41. The van der Waals surface area contributed by atoms with Crippen molar-refractivity contribution >= 4 is 22.9 Å². The maximum atomic E-state index is 12.1. The van der Waals surface area contributed by atoms with E-state index < -0.39 is 6.61 Å². The number of thiophene rings is 1. The zero-order valence-electron chi connectivity index (χ0n) is 9.35. The van der Waals surface area contributed by atoms with E-state index in [1.807, 2.05) is 23.6 Å². The number of hydrogen-bond acceptors (Lipinski definition) is 2.